The van der Waals surface area contributed by atoms with Crippen molar-refractivity contribution in [2.24, 2.45) is 5.41 Å². The first kappa shape index (κ1) is 13.1. The molecule has 0 saturated heterocycles. The van der Waals surface area contributed by atoms with Crippen LogP contribution in [0, 0.1) is 5.41 Å². The zero-order chi connectivity index (χ0) is 13.1. The first-order valence-electron chi connectivity index (χ1n) is 5.13. The van der Waals surface area contributed by atoms with Gasteiger partial charge in [0.15, 0.2) is 5.69 Å². The number of nitrogens with zero attached hydrogens (tertiary/aromatic N) is 2. The van der Waals surface area contributed by atoms with E-state index in [9.17, 15) is 9.59 Å². The summed E-state index contributed by atoms with van der Waals surface area (Å²) in [5, 5.41) is 11.3. The quantitative estimate of drug-likeness (QED) is 0.816. The maximum absolute atomic E-state index is 11.6. The van der Waals surface area contributed by atoms with Gasteiger partial charge in [0.1, 0.15) is 5.69 Å². The number of aromatic carboxylic acids is 1. The molecule has 1 heterocycles. The summed E-state index contributed by atoms with van der Waals surface area (Å²) in [6.07, 6.45) is 2.22. The third-order valence-corrected chi connectivity index (χ3v) is 1.88. The van der Waals surface area contributed by atoms with Gasteiger partial charge in [-0.1, -0.05) is 20.8 Å². The van der Waals surface area contributed by atoms with E-state index in [4.69, 9.17) is 5.11 Å². The predicted molar refractivity (Wildman–Crippen MR) is 60.8 cm³/mol. The zero-order valence-corrected chi connectivity index (χ0v) is 10.0. The lowest BCUT2D eigenvalue weighted by atomic mass is 9.97. The van der Waals surface area contributed by atoms with Crippen molar-refractivity contribution < 1.29 is 14.7 Å². The Morgan fingerprint density at radius 1 is 1.24 bits per heavy atom. The van der Waals surface area contributed by atoms with Crippen LogP contribution in [0.5, 0.6) is 0 Å². The second-order valence-corrected chi connectivity index (χ2v) is 4.84. The number of carboxylic acid groups (broad SMARTS) is 1. The summed E-state index contributed by atoms with van der Waals surface area (Å²) in [6, 6.07) is 0. The number of rotatable bonds is 3. The maximum Gasteiger partial charge on any atom is 0.356 e. The SMILES string of the molecule is CC(C)(C)CNC(=O)c1cnc(C(=O)O)cn1. The minimum absolute atomic E-state index is 0.0237. The third kappa shape index (κ3) is 4.18. The summed E-state index contributed by atoms with van der Waals surface area (Å²) >= 11 is 0. The number of aromatic nitrogens is 2. The Bertz CT molecular complexity index is 421. The van der Waals surface area contributed by atoms with E-state index in [1.165, 1.54) is 0 Å². The second kappa shape index (κ2) is 4.90. The van der Waals surface area contributed by atoms with Crippen molar-refractivity contribution in [2.45, 2.75) is 20.8 Å². The van der Waals surface area contributed by atoms with Crippen molar-refractivity contribution >= 4 is 11.9 Å². The first-order valence-corrected chi connectivity index (χ1v) is 5.13. The van der Waals surface area contributed by atoms with E-state index >= 15 is 0 Å². The van der Waals surface area contributed by atoms with Crippen LogP contribution in [0.25, 0.3) is 0 Å². The minimum Gasteiger partial charge on any atom is -0.476 e. The maximum atomic E-state index is 11.6. The van der Waals surface area contributed by atoms with Crippen molar-refractivity contribution in [3.63, 3.8) is 0 Å². The Balaban J connectivity index is 2.67. The van der Waals surface area contributed by atoms with Crippen molar-refractivity contribution in [3.05, 3.63) is 23.8 Å². The topological polar surface area (TPSA) is 92.2 Å². The van der Waals surface area contributed by atoms with Crippen LogP contribution in [-0.4, -0.2) is 33.5 Å². The molecule has 6 nitrogen and oxygen atoms in total. The largest absolute Gasteiger partial charge is 0.476 e. The molecule has 0 atom stereocenters. The molecule has 6 heteroatoms. The number of amides is 1. The number of carboxylic acids is 1. The van der Waals surface area contributed by atoms with Gasteiger partial charge < -0.3 is 10.4 Å². The van der Waals surface area contributed by atoms with Crippen LogP contribution in [0.1, 0.15) is 41.7 Å². The van der Waals surface area contributed by atoms with Crippen molar-refractivity contribution in [1.82, 2.24) is 15.3 Å². The number of nitrogens with one attached hydrogen (secondary N) is 1. The lowest BCUT2D eigenvalue weighted by Gasteiger charge is -2.18. The molecule has 0 aliphatic heterocycles. The van der Waals surface area contributed by atoms with E-state index in [1.807, 2.05) is 20.8 Å². The lowest BCUT2D eigenvalue weighted by molar-refractivity contribution is 0.0689. The van der Waals surface area contributed by atoms with Crippen LogP contribution in [0.15, 0.2) is 12.4 Å². The van der Waals surface area contributed by atoms with E-state index in [0.717, 1.165) is 12.4 Å². The highest BCUT2D eigenvalue weighted by Crippen LogP contribution is 2.10. The molecule has 92 valence electrons. The van der Waals surface area contributed by atoms with Gasteiger partial charge in [0, 0.05) is 6.54 Å². The van der Waals surface area contributed by atoms with Crippen LogP contribution in [-0.2, 0) is 0 Å². The minimum atomic E-state index is -1.17. The van der Waals surface area contributed by atoms with E-state index in [2.05, 4.69) is 15.3 Å². The Morgan fingerprint density at radius 3 is 2.18 bits per heavy atom. The highest BCUT2D eigenvalue weighted by atomic mass is 16.4. The van der Waals surface area contributed by atoms with Crippen LogP contribution in [0.2, 0.25) is 0 Å². The first-order chi connectivity index (χ1) is 7.79. The Labute approximate surface area is 99.1 Å². The summed E-state index contributed by atoms with van der Waals surface area (Å²) in [4.78, 5) is 29.5. The van der Waals surface area contributed by atoms with E-state index in [1.54, 1.807) is 0 Å². The van der Waals surface area contributed by atoms with Crippen LogP contribution in [0.3, 0.4) is 0 Å². The van der Waals surface area contributed by atoms with Crippen LogP contribution >= 0.6 is 0 Å². The van der Waals surface area contributed by atoms with Gasteiger partial charge in [-0.15, -0.1) is 0 Å². The average molecular weight is 237 g/mol. The van der Waals surface area contributed by atoms with Crippen LogP contribution in [0.4, 0.5) is 0 Å². The van der Waals surface area contributed by atoms with Crippen molar-refractivity contribution in [1.29, 1.82) is 0 Å². The molecule has 0 spiro atoms. The second-order valence-electron chi connectivity index (χ2n) is 4.84. The molecule has 0 bridgehead atoms. The van der Waals surface area contributed by atoms with E-state index in [0.29, 0.717) is 6.54 Å². The standard InChI is InChI=1S/C11H15N3O3/c1-11(2,3)6-14-9(15)7-4-13-8(5-12-7)10(16)17/h4-5H,6H2,1-3H3,(H,14,15)(H,16,17). The third-order valence-electron chi connectivity index (χ3n) is 1.88. The fourth-order valence-electron chi connectivity index (χ4n) is 0.992. The molecule has 1 amide bonds. The summed E-state index contributed by atoms with van der Waals surface area (Å²) in [7, 11) is 0. The molecular formula is C11H15N3O3. The summed E-state index contributed by atoms with van der Waals surface area (Å²) in [5.74, 6) is -1.52. The van der Waals surface area contributed by atoms with E-state index in [-0.39, 0.29) is 22.7 Å². The summed E-state index contributed by atoms with van der Waals surface area (Å²) in [6.45, 7) is 6.49. The normalized spacial score (nSPS) is 11.0. The molecule has 17 heavy (non-hydrogen) atoms. The van der Waals surface area contributed by atoms with Gasteiger partial charge in [0.25, 0.3) is 5.91 Å². The molecule has 0 unspecified atom stereocenters. The van der Waals surface area contributed by atoms with Crippen molar-refractivity contribution in [3.8, 4) is 0 Å². The van der Waals surface area contributed by atoms with Gasteiger partial charge in [0.2, 0.25) is 0 Å². The highest BCUT2D eigenvalue weighted by Gasteiger charge is 2.14. The number of hydrogen-bond donors (Lipinski definition) is 2. The van der Waals surface area contributed by atoms with E-state index < -0.39 is 5.97 Å². The summed E-state index contributed by atoms with van der Waals surface area (Å²) in [5.41, 5.74) is -0.0963. The smallest absolute Gasteiger partial charge is 0.356 e. The van der Waals surface area contributed by atoms with Crippen molar-refractivity contribution in [2.75, 3.05) is 6.54 Å². The molecule has 0 saturated carbocycles. The molecule has 0 fully saturated rings. The molecule has 0 aromatic carbocycles. The highest BCUT2D eigenvalue weighted by molar-refractivity contribution is 5.92. The van der Waals surface area contributed by atoms with Gasteiger partial charge in [-0.05, 0) is 5.41 Å². The molecule has 1 aromatic heterocycles. The van der Waals surface area contributed by atoms with Crippen LogP contribution < -0.4 is 5.32 Å². The molecule has 2 N–H and O–H groups in total. The number of carbonyl (C=O) groups is 2. The van der Waals surface area contributed by atoms with Gasteiger partial charge in [-0.2, -0.15) is 0 Å². The Morgan fingerprint density at radius 2 is 1.76 bits per heavy atom. The Kier molecular flexibility index (Phi) is 3.77. The molecule has 0 aliphatic rings. The fraction of sp³-hybridized carbons (Fsp3) is 0.455. The molecule has 0 aliphatic carbocycles. The number of hydrogen-bond acceptors (Lipinski definition) is 4. The van der Waals surface area contributed by atoms with Gasteiger partial charge in [0.05, 0.1) is 12.4 Å². The number of carbonyl (C=O) groups excluding carboxylic acids is 1. The monoisotopic (exact) mass is 237 g/mol. The lowest BCUT2D eigenvalue weighted by Crippen LogP contribution is -2.32. The molecule has 0 radical (unpaired) electrons. The molecule has 1 aromatic rings. The average Bonchev–Trinajstić information content (AvgIpc) is 2.25. The van der Waals surface area contributed by atoms with Gasteiger partial charge in [-0.3, -0.25) is 4.79 Å². The predicted octanol–water partition coefficient (Wildman–Crippen LogP) is 0.951. The zero-order valence-electron chi connectivity index (χ0n) is 10.0. The summed E-state index contributed by atoms with van der Waals surface area (Å²) < 4.78 is 0. The van der Waals surface area contributed by atoms with Gasteiger partial charge >= 0.3 is 5.97 Å². The van der Waals surface area contributed by atoms with Gasteiger partial charge in [-0.25, -0.2) is 14.8 Å². The Hall–Kier alpha value is -1.98. The molecular weight excluding hydrogens is 222 g/mol. The fourth-order valence-corrected chi connectivity index (χ4v) is 0.992. The molecule has 1 rings (SSSR count).